The van der Waals surface area contributed by atoms with Crippen LogP contribution >= 0.6 is 11.6 Å². The minimum Gasteiger partial charge on any atom is -0.310 e. The van der Waals surface area contributed by atoms with E-state index < -0.39 is 5.38 Å². The van der Waals surface area contributed by atoms with Gasteiger partial charge in [-0.3, -0.25) is 4.79 Å². The van der Waals surface area contributed by atoms with Gasteiger partial charge in [-0.05, 0) is 24.1 Å². The van der Waals surface area contributed by atoms with Crippen molar-refractivity contribution in [3.63, 3.8) is 0 Å². The molecule has 1 amide bonds. The van der Waals surface area contributed by atoms with E-state index in [0.29, 0.717) is 18.5 Å². The highest BCUT2D eigenvalue weighted by Gasteiger charge is 2.39. The van der Waals surface area contributed by atoms with Gasteiger partial charge in [0.1, 0.15) is 5.38 Å². The minimum absolute atomic E-state index is 0.0777. The van der Waals surface area contributed by atoms with Crippen LogP contribution in [0, 0.1) is 11.3 Å². The van der Waals surface area contributed by atoms with Crippen molar-refractivity contribution < 1.29 is 4.79 Å². The zero-order valence-corrected chi connectivity index (χ0v) is 12.2. The Hall–Kier alpha value is -1.53. The molecule has 1 heterocycles. The SMILES string of the molecule is CC[C@@H](Cl)C(=O)N1CC(C)(C)c2ccc(C#N)cc21. The Morgan fingerprint density at radius 2 is 2.26 bits per heavy atom. The summed E-state index contributed by atoms with van der Waals surface area (Å²) in [5, 5.41) is 8.49. The van der Waals surface area contributed by atoms with Crippen LogP contribution < -0.4 is 4.90 Å². The molecule has 0 N–H and O–H groups in total. The Morgan fingerprint density at radius 3 is 2.84 bits per heavy atom. The lowest BCUT2D eigenvalue weighted by Gasteiger charge is -2.22. The largest absolute Gasteiger partial charge is 0.310 e. The van der Waals surface area contributed by atoms with Gasteiger partial charge in [0.05, 0.1) is 11.6 Å². The van der Waals surface area contributed by atoms with E-state index in [1.54, 1.807) is 17.0 Å². The van der Waals surface area contributed by atoms with E-state index in [-0.39, 0.29) is 11.3 Å². The molecule has 4 heteroatoms. The van der Waals surface area contributed by atoms with Crippen molar-refractivity contribution in [2.24, 2.45) is 0 Å². The minimum atomic E-state index is -0.507. The molecule has 0 spiro atoms. The molecule has 0 unspecified atom stereocenters. The molecule has 0 saturated heterocycles. The van der Waals surface area contributed by atoms with E-state index in [9.17, 15) is 4.79 Å². The molecule has 100 valence electrons. The Bertz CT molecular complexity index is 560. The van der Waals surface area contributed by atoms with Crippen molar-refractivity contribution in [2.45, 2.75) is 38.0 Å². The van der Waals surface area contributed by atoms with Crippen molar-refractivity contribution in [1.29, 1.82) is 5.26 Å². The molecule has 1 atom stereocenters. The van der Waals surface area contributed by atoms with Crippen LogP contribution in [0.5, 0.6) is 0 Å². The summed E-state index contributed by atoms with van der Waals surface area (Å²) in [5.41, 5.74) is 2.38. The molecule has 0 fully saturated rings. The van der Waals surface area contributed by atoms with Crippen LogP contribution in [0.3, 0.4) is 0 Å². The van der Waals surface area contributed by atoms with Gasteiger partial charge in [-0.1, -0.05) is 26.8 Å². The van der Waals surface area contributed by atoms with E-state index in [1.807, 2.05) is 13.0 Å². The van der Waals surface area contributed by atoms with Gasteiger partial charge in [0, 0.05) is 17.6 Å². The molecule has 0 bridgehead atoms. The maximum absolute atomic E-state index is 12.3. The molecule has 1 aromatic carbocycles. The first-order valence-electron chi connectivity index (χ1n) is 6.41. The molecule has 19 heavy (non-hydrogen) atoms. The van der Waals surface area contributed by atoms with Crippen LogP contribution in [0.1, 0.15) is 38.3 Å². The lowest BCUT2D eigenvalue weighted by atomic mass is 9.87. The number of fused-ring (bicyclic) bond motifs is 1. The monoisotopic (exact) mass is 276 g/mol. The molecule has 3 nitrogen and oxygen atoms in total. The Morgan fingerprint density at radius 1 is 1.58 bits per heavy atom. The molecule has 0 radical (unpaired) electrons. The molecular formula is C15H17ClN2O. The highest BCUT2D eigenvalue weighted by atomic mass is 35.5. The van der Waals surface area contributed by atoms with Crippen LogP contribution in [-0.4, -0.2) is 17.8 Å². The average molecular weight is 277 g/mol. The van der Waals surface area contributed by atoms with Gasteiger partial charge in [0.2, 0.25) is 5.91 Å². The number of nitrogens with zero attached hydrogens (tertiary/aromatic N) is 2. The fraction of sp³-hybridized carbons (Fsp3) is 0.467. The number of halogens is 1. The average Bonchev–Trinajstić information content (AvgIpc) is 2.68. The summed E-state index contributed by atoms with van der Waals surface area (Å²) in [7, 11) is 0. The lowest BCUT2D eigenvalue weighted by Crippen LogP contribution is -2.38. The summed E-state index contributed by atoms with van der Waals surface area (Å²) >= 11 is 6.07. The lowest BCUT2D eigenvalue weighted by molar-refractivity contribution is -0.118. The fourth-order valence-corrected chi connectivity index (χ4v) is 2.62. The second kappa shape index (κ2) is 4.86. The van der Waals surface area contributed by atoms with Crippen molar-refractivity contribution in [1.82, 2.24) is 0 Å². The second-order valence-electron chi connectivity index (χ2n) is 5.53. The van der Waals surface area contributed by atoms with Gasteiger partial charge in [0.25, 0.3) is 0 Å². The van der Waals surface area contributed by atoms with Crippen LogP contribution in [-0.2, 0) is 10.2 Å². The van der Waals surface area contributed by atoms with Crippen LogP contribution in [0.15, 0.2) is 18.2 Å². The van der Waals surface area contributed by atoms with E-state index in [2.05, 4.69) is 19.9 Å². The van der Waals surface area contributed by atoms with Gasteiger partial charge in [0.15, 0.2) is 0 Å². The third-order valence-electron chi connectivity index (χ3n) is 3.59. The molecule has 1 aromatic rings. The number of amides is 1. The van der Waals surface area contributed by atoms with Gasteiger partial charge < -0.3 is 4.90 Å². The van der Waals surface area contributed by atoms with Crippen molar-refractivity contribution in [3.05, 3.63) is 29.3 Å². The smallest absolute Gasteiger partial charge is 0.245 e. The van der Waals surface area contributed by atoms with Crippen LogP contribution in [0.4, 0.5) is 5.69 Å². The maximum atomic E-state index is 12.3. The molecule has 2 rings (SSSR count). The first-order valence-corrected chi connectivity index (χ1v) is 6.84. The third-order valence-corrected chi connectivity index (χ3v) is 4.09. The first kappa shape index (κ1) is 13.9. The summed E-state index contributed by atoms with van der Waals surface area (Å²) in [6.07, 6.45) is 0.602. The van der Waals surface area contributed by atoms with Crippen molar-refractivity contribution >= 4 is 23.2 Å². The highest BCUT2D eigenvalue weighted by Crippen LogP contribution is 2.41. The second-order valence-corrected chi connectivity index (χ2v) is 6.05. The zero-order chi connectivity index (χ0) is 14.2. The van der Waals surface area contributed by atoms with E-state index in [1.165, 1.54) is 0 Å². The quantitative estimate of drug-likeness (QED) is 0.779. The highest BCUT2D eigenvalue weighted by molar-refractivity contribution is 6.33. The number of hydrogen-bond donors (Lipinski definition) is 0. The Labute approximate surface area is 118 Å². The molecule has 0 aliphatic carbocycles. The fourth-order valence-electron chi connectivity index (χ4n) is 2.50. The summed E-state index contributed by atoms with van der Waals surface area (Å²) in [5.74, 6) is -0.0777. The maximum Gasteiger partial charge on any atom is 0.245 e. The van der Waals surface area contributed by atoms with Gasteiger partial charge in [-0.25, -0.2) is 0 Å². The molecule has 0 saturated carbocycles. The molecule has 0 aromatic heterocycles. The van der Waals surface area contributed by atoms with Crippen LogP contribution in [0.2, 0.25) is 0 Å². The predicted octanol–water partition coefficient (Wildman–Crippen LogP) is 3.20. The molecule has 1 aliphatic heterocycles. The molecular weight excluding hydrogens is 260 g/mol. The number of anilines is 1. The third kappa shape index (κ3) is 2.33. The van der Waals surface area contributed by atoms with Gasteiger partial charge >= 0.3 is 0 Å². The summed E-state index contributed by atoms with van der Waals surface area (Å²) in [6.45, 7) is 6.70. The summed E-state index contributed by atoms with van der Waals surface area (Å²) in [4.78, 5) is 14.1. The van der Waals surface area contributed by atoms with E-state index in [0.717, 1.165) is 11.3 Å². The number of alkyl halides is 1. The summed E-state index contributed by atoms with van der Waals surface area (Å²) in [6, 6.07) is 7.63. The van der Waals surface area contributed by atoms with E-state index in [4.69, 9.17) is 16.9 Å². The number of rotatable bonds is 2. The Balaban J connectivity index is 2.48. The number of nitriles is 1. The van der Waals surface area contributed by atoms with Crippen molar-refractivity contribution in [2.75, 3.05) is 11.4 Å². The number of benzene rings is 1. The Kier molecular flexibility index (Phi) is 3.56. The number of hydrogen-bond acceptors (Lipinski definition) is 2. The molecule has 1 aliphatic rings. The van der Waals surface area contributed by atoms with Gasteiger partial charge in [-0.2, -0.15) is 5.26 Å². The topological polar surface area (TPSA) is 44.1 Å². The predicted molar refractivity (Wildman–Crippen MR) is 76.5 cm³/mol. The number of carbonyl (C=O) groups is 1. The summed E-state index contributed by atoms with van der Waals surface area (Å²) < 4.78 is 0. The normalized spacial score (nSPS) is 17.7. The number of carbonyl (C=O) groups excluding carboxylic acids is 1. The van der Waals surface area contributed by atoms with Gasteiger partial charge in [-0.15, -0.1) is 11.6 Å². The standard InChI is InChI=1S/C15H17ClN2O/c1-4-12(16)14(19)18-9-15(2,3)11-6-5-10(8-17)7-13(11)18/h5-7,12H,4,9H2,1-3H3/t12-/m1/s1. The van der Waals surface area contributed by atoms with Crippen molar-refractivity contribution in [3.8, 4) is 6.07 Å². The van der Waals surface area contributed by atoms with E-state index >= 15 is 0 Å². The zero-order valence-electron chi connectivity index (χ0n) is 11.4. The first-order chi connectivity index (χ1) is 8.90. The van der Waals surface area contributed by atoms with Crippen LogP contribution in [0.25, 0.3) is 0 Å².